The minimum Gasteiger partial charge on any atom is -0.482 e. The molecule has 1 aliphatic rings. The van der Waals surface area contributed by atoms with Crippen molar-refractivity contribution in [3.05, 3.63) is 53.6 Å². The summed E-state index contributed by atoms with van der Waals surface area (Å²) < 4.78 is 39.7. The van der Waals surface area contributed by atoms with Gasteiger partial charge in [0.15, 0.2) is 12.7 Å². The Labute approximate surface area is 166 Å². The monoisotopic (exact) mass is 405 g/mol. The number of fused-ring (bicyclic) bond motifs is 1. The third-order valence-electron chi connectivity index (χ3n) is 4.47. The predicted octanol–water partition coefficient (Wildman–Crippen LogP) is 3.73. The Morgan fingerprint density at radius 2 is 1.86 bits per heavy atom. The summed E-state index contributed by atoms with van der Waals surface area (Å²) in [6.45, 7) is -2.00. The number of carbonyl (C=O) groups is 2. The van der Waals surface area contributed by atoms with Gasteiger partial charge in [-0.2, -0.15) is 8.78 Å². The lowest BCUT2D eigenvalue weighted by Crippen LogP contribution is -2.31. The number of esters is 1. The number of nitrogens with one attached hydrogen (secondary N) is 1. The quantitative estimate of drug-likeness (QED) is 0.678. The highest BCUT2D eigenvalue weighted by molar-refractivity contribution is 5.96. The van der Waals surface area contributed by atoms with E-state index in [4.69, 9.17) is 9.47 Å². The topological polar surface area (TPSA) is 73.9 Å². The molecule has 0 spiro atoms. The molecular formula is C21H21F2NO5. The van der Waals surface area contributed by atoms with Crippen molar-refractivity contribution in [2.75, 3.05) is 11.9 Å². The van der Waals surface area contributed by atoms with E-state index >= 15 is 0 Å². The van der Waals surface area contributed by atoms with E-state index in [1.807, 2.05) is 12.1 Å². The van der Waals surface area contributed by atoms with Crippen molar-refractivity contribution >= 4 is 17.6 Å². The molecule has 0 saturated carbocycles. The maximum absolute atomic E-state index is 12.4. The van der Waals surface area contributed by atoms with Crippen LogP contribution in [0.25, 0.3) is 0 Å². The molecule has 0 heterocycles. The molecule has 0 radical (unpaired) electrons. The Morgan fingerprint density at radius 1 is 1.10 bits per heavy atom. The first-order valence-electron chi connectivity index (χ1n) is 9.21. The summed E-state index contributed by atoms with van der Waals surface area (Å²) in [6.07, 6.45) is 2.00. The Kier molecular flexibility index (Phi) is 6.64. The van der Waals surface area contributed by atoms with Crippen LogP contribution in [0.2, 0.25) is 0 Å². The number of para-hydroxylation sites is 2. The summed E-state index contributed by atoms with van der Waals surface area (Å²) in [7, 11) is 0. The van der Waals surface area contributed by atoms with Gasteiger partial charge in [0.1, 0.15) is 11.5 Å². The number of hydrogen-bond donors (Lipinski definition) is 1. The number of ether oxygens (including phenoxy) is 3. The number of benzene rings is 2. The van der Waals surface area contributed by atoms with E-state index in [0.29, 0.717) is 5.75 Å². The van der Waals surface area contributed by atoms with Crippen LogP contribution < -0.4 is 14.8 Å². The number of carbonyl (C=O) groups excluding carboxylic acids is 2. The van der Waals surface area contributed by atoms with E-state index in [2.05, 4.69) is 10.1 Å². The molecule has 0 fully saturated rings. The number of alkyl halides is 2. The summed E-state index contributed by atoms with van der Waals surface area (Å²) in [4.78, 5) is 24.2. The highest BCUT2D eigenvalue weighted by Gasteiger charge is 2.20. The fraction of sp³-hybridized carbons (Fsp3) is 0.333. The van der Waals surface area contributed by atoms with Crippen LogP contribution in [-0.4, -0.2) is 31.2 Å². The highest BCUT2D eigenvalue weighted by Crippen LogP contribution is 2.27. The van der Waals surface area contributed by atoms with Crippen LogP contribution in [0.4, 0.5) is 14.5 Å². The Hall–Kier alpha value is -3.16. The number of amides is 1. The summed E-state index contributed by atoms with van der Waals surface area (Å²) >= 11 is 0. The van der Waals surface area contributed by atoms with Gasteiger partial charge in [0.05, 0.1) is 5.69 Å². The lowest BCUT2D eigenvalue weighted by Gasteiger charge is -2.16. The fourth-order valence-corrected chi connectivity index (χ4v) is 3.07. The summed E-state index contributed by atoms with van der Waals surface area (Å²) in [6, 6.07) is 11.4. The first-order valence-corrected chi connectivity index (χ1v) is 9.21. The number of anilines is 1. The molecule has 0 bridgehead atoms. The van der Waals surface area contributed by atoms with Gasteiger partial charge in [0.25, 0.3) is 5.91 Å². The molecule has 1 amide bonds. The van der Waals surface area contributed by atoms with Crippen molar-refractivity contribution in [1.29, 1.82) is 0 Å². The molecule has 2 aromatic rings. The second-order valence-electron chi connectivity index (χ2n) is 6.57. The van der Waals surface area contributed by atoms with Crippen LogP contribution in [0.15, 0.2) is 42.5 Å². The van der Waals surface area contributed by atoms with Crippen LogP contribution in [0, 0.1) is 0 Å². The summed E-state index contributed by atoms with van der Waals surface area (Å²) in [5.74, 6) is -1.02. The largest absolute Gasteiger partial charge is 0.482 e. The van der Waals surface area contributed by atoms with E-state index in [0.717, 1.165) is 19.3 Å². The molecule has 0 unspecified atom stereocenters. The van der Waals surface area contributed by atoms with Gasteiger partial charge in [-0.05, 0) is 61.6 Å². The highest BCUT2D eigenvalue weighted by atomic mass is 19.3. The van der Waals surface area contributed by atoms with Gasteiger partial charge in [-0.25, -0.2) is 4.79 Å². The molecular weight excluding hydrogens is 384 g/mol. The van der Waals surface area contributed by atoms with Crippen LogP contribution in [0.3, 0.4) is 0 Å². The molecule has 6 nitrogen and oxygen atoms in total. The van der Waals surface area contributed by atoms with E-state index in [-0.39, 0.29) is 18.0 Å². The number of rotatable bonds is 8. The molecule has 154 valence electrons. The maximum Gasteiger partial charge on any atom is 0.387 e. The first kappa shape index (κ1) is 20.6. The molecule has 0 aromatic heterocycles. The van der Waals surface area contributed by atoms with Crippen LogP contribution >= 0.6 is 0 Å². The van der Waals surface area contributed by atoms with Crippen molar-refractivity contribution < 1.29 is 32.6 Å². The molecule has 3 rings (SSSR count). The zero-order valence-corrected chi connectivity index (χ0v) is 15.8. The molecule has 1 N–H and O–H groups in total. The number of halogens is 2. The normalized spacial score (nSPS) is 13.5. The molecule has 0 aliphatic heterocycles. The van der Waals surface area contributed by atoms with Crippen molar-refractivity contribution in [3.63, 3.8) is 0 Å². The number of hydrogen-bond acceptors (Lipinski definition) is 5. The third kappa shape index (κ3) is 5.66. The molecule has 0 saturated heterocycles. The first-order chi connectivity index (χ1) is 13.9. The smallest absolute Gasteiger partial charge is 0.387 e. The predicted molar refractivity (Wildman–Crippen MR) is 101 cm³/mol. The van der Waals surface area contributed by atoms with Gasteiger partial charge in [0, 0.05) is 0 Å². The van der Waals surface area contributed by atoms with Gasteiger partial charge in [0.2, 0.25) is 0 Å². The van der Waals surface area contributed by atoms with E-state index in [1.54, 1.807) is 12.1 Å². The summed E-state index contributed by atoms with van der Waals surface area (Å²) in [5, 5.41) is 2.41. The summed E-state index contributed by atoms with van der Waals surface area (Å²) in [5.41, 5.74) is 2.56. The molecule has 1 aliphatic carbocycles. The van der Waals surface area contributed by atoms with Crippen LogP contribution in [0.5, 0.6) is 11.5 Å². The molecule has 1 atom stereocenters. The second kappa shape index (κ2) is 9.36. The second-order valence-corrected chi connectivity index (χ2v) is 6.57. The van der Waals surface area contributed by atoms with Crippen molar-refractivity contribution in [1.82, 2.24) is 0 Å². The van der Waals surface area contributed by atoms with Crippen LogP contribution in [-0.2, 0) is 27.2 Å². The minimum atomic E-state index is -3.03. The van der Waals surface area contributed by atoms with Gasteiger partial charge < -0.3 is 19.5 Å². The molecule has 8 heteroatoms. The maximum atomic E-state index is 12.4. The van der Waals surface area contributed by atoms with Crippen molar-refractivity contribution in [2.24, 2.45) is 0 Å². The average Bonchev–Trinajstić information content (AvgIpc) is 3.15. The SMILES string of the molecule is C[C@H](OC(=O)COc1ccc2c(c1)CCC2)C(=O)Nc1ccccc1OC(F)F. The molecule has 29 heavy (non-hydrogen) atoms. The number of aryl methyl sites for hydroxylation is 2. The lowest BCUT2D eigenvalue weighted by molar-refractivity contribution is -0.155. The van der Waals surface area contributed by atoms with Gasteiger partial charge in [-0.1, -0.05) is 18.2 Å². The van der Waals surface area contributed by atoms with Crippen LogP contribution in [0.1, 0.15) is 24.5 Å². The Morgan fingerprint density at radius 3 is 2.66 bits per heavy atom. The fourth-order valence-electron chi connectivity index (χ4n) is 3.07. The lowest BCUT2D eigenvalue weighted by atomic mass is 10.1. The standard InChI is InChI=1S/C21H21F2NO5/c1-13(20(26)24-17-7-2-3-8-18(17)29-21(22)23)28-19(25)12-27-16-10-9-14-5-4-6-15(14)11-16/h2-3,7-11,13,21H,4-6,12H2,1H3,(H,24,26)/t13-/m0/s1. The van der Waals surface area contributed by atoms with E-state index in [9.17, 15) is 18.4 Å². The average molecular weight is 405 g/mol. The van der Waals surface area contributed by atoms with Gasteiger partial charge >= 0.3 is 12.6 Å². The van der Waals surface area contributed by atoms with E-state index in [1.165, 1.54) is 36.2 Å². The zero-order valence-electron chi connectivity index (χ0n) is 15.8. The zero-order chi connectivity index (χ0) is 20.8. The molecule has 2 aromatic carbocycles. The van der Waals surface area contributed by atoms with Crippen molar-refractivity contribution in [3.8, 4) is 11.5 Å². The third-order valence-corrected chi connectivity index (χ3v) is 4.47. The van der Waals surface area contributed by atoms with Gasteiger partial charge in [-0.15, -0.1) is 0 Å². The van der Waals surface area contributed by atoms with E-state index < -0.39 is 24.6 Å². The minimum absolute atomic E-state index is 0.0510. The Bertz CT molecular complexity index is 887. The van der Waals surface area contributed by atoms with Gasteiger partial charge in [-0.3, -0.25) is 4.79 Å². The van der Waals surface area contributed by atoms with Crippen molar-refractivity contribution in [2.45, 2.75) is 38.9 Å². The Balaban J connectivity index is 1.50.